The van der Waals surface area contributed by atoms with Crippen LogP contribution in [0, 0.1) is 5.92 Å². The number of pyridine rings is 1. The Morgan fingerprint density at radius 1 is 1.31 bits per heavy atom. The number of aromatic nitrogens is 1. The molecule has 16 heavy (non-hydrogen) atoms. The van der Waals surface area contributed by atoms with Crippen LogP contribution in [0.15, 0.2) is 24.5 Å². The van der Waals surface area contributed by atoms with Crippen molar-refractivity contribution >= 4 is 0 Å². The Bertz CT molecular complexity index is 242. The van der Waals surface area contributed by atoms with E-state index in [2.05, 4.69) is 18.8 Å². The topological polar surface area (TPSA) is 22.1 Å². The van der Waals surface area contributed by atoms with Crippen LogP contribution in [-0.2, 0) is 11.2 Å². The highest BCUT2D eigenvalue weighted by Crippen LogP contribution is 2.14. The summed E-state index contributed by atoms with van der Waals surface area (Å²) in [4.78, 5) is 3.89. The number of hydrogen-bond acceptors (Lipinski definition) is 2. The molecule has 2 heteroatoms. The van der Waals surface area contributed by atoms with Crippen molar-refractivity contribution in [2.75, 3.05) is 13.2 Å². The van der Waals surface area contributed by atoms with Gasteiger partial charge in [-0.25, -0.2) is 0 Å². The summed E-state index contributed by atoms with van der Waals surface area (Å²) in [5.74, 6) is 0.875. The molecule has 1 saturated heterocycles. The third kappa shape index (κ3) is 5.86. The molecule has 2 heterocycles. The van der Waals surface area contributed by atoms with E-state index in [1.165, 1.54) is 18.4 Å². The van der Waals surface area contributed by atoms with E-state index in [9.17, 15) is 0 Å². The average molecular weight is 223 g/mol. The zero-order valence-corrected chi connectivity index (χ0v) is 9.78. The van der Waals surface area contributed by atoms with E-state index >= 15 is 0 Å². The number of ether oxygens (including phenoxy) is 1. The van der Waals surface area contributed by atoms with Gasteiger partial charge in [-0.05, 0) is 36.5 Å². The number of rotatable bonds is 2. The highest BCUT2D eigenvalue weighted by Gasteiger charge is 2.11. The van der Waals surface area contributed by atoms with Gasteiger partial charge in [0.1, 0.15) is 0 Å². The molecule has 0 aromatic carbocycles. The van der Waals surface area contributed by atoms with Gasteiger partial charge in [-0.1, -0.05) is 27.7 Å². The van der Waals surface area contributed by atoms with E-state index in [0.717, 1.165) is 25.6 Å². The quantitative estimate of drug-likeness (QED) is 0.762. The molecular weight excluding hydrogens is 198 g/mol. The van der Waals surface area contributed by atoms with Crippen molar-refractivity contribution in [3.63, 3.8) is 0 Å². The summed E-state index contributed by atoms with van der Waals surface area (Å²) < 4.78 is 5.15. The van der Waals surface area contributed by atoms with Crippen LogP contribution in [0.1, 0.15) is 39.7 Å². The first-order valence-corrected chi connectivity index (χ1v) is 5.83. The van der Waals surface area contributed by atoms with Crippen molar-refractivity contribution in [1.82, 2.24) is 4.98 Å². The summed E-state index contributed by atoms with van der Waals surface area (Å²) in [5.41, 5.74) is 1.35. The molecule has 0 amide bonds. The third-order valence-corrected chi connectivity index (χ3v) is 2.76. The smallest absolute Gasteiger partial charge is 0.0495 e. The average Bonchev–Trinajstić information content (AvgIpc) is 2.84. The van der Waals surface area contributed by atoms with Crippen LogP contribution in [0.2, 0.25) is 0 Å². The lowest BCUT2D eigenvalue weighted by atomic mass is 10.1. The van der Waals surface area contributed by atoms with Crippen LogP contribution in [0.5, 0.6) is 0 Å². The van der Waals surface area contributed by atoms with Crippen molar-refractivity contribution in [3.05, 3.63) is 30.1 Å². The molecule has 1 aromatic heterocycles. The number of nitrogens with zero attached hydrogens (tertiary/aromatic N) is 1. The fourth-order valence-corrected chi connectivity index (χ4v) is 1.52. The maximum absolute atomic E-state index is 5.15. The molecule has 92 valence electrons. The Morgan fingerprint density at radius 3 is 2.31 bits per heavy atom. The van der Waals surface area contributed by atoms with Crippen molar-refractivity contribution in [2.45, 2.75) is 40.5 Å². The van der Waals surface area contributed by atoms with Crippen LogP contribution in [0.4, 0.5) is 0 Å². The highest BCUT2D eigenvalue weighted by molar-refractivity contribution is 5.08. The number of aryl methyl sites for hydroxylation is 1. The summed E-state index contributed by atoms with van der Waals surface area (Å²) in [5, 5.41) is 0. The van der Waals surface area contributed by atoms with Crippen molar-refractivity contribution < 1.29 is 4.74 Å². The zero-order valence-electron chi connectivity index (χ0n) is 9.78. The standard InChI is InChI=1S/C7H9N.C6H12O.CH4/c1-2-7-3-5-8-6-4-7;1-2-6-3-4-7-5-6;/h3-6H,2H2,1H3;6H,2-5H2,1H3;1H4. The molecule has 0 radical (unpaired) electrons. The molecule has 0 saturated carbocycles. The lowest BCUT2D eigenvalue weighted by Gasteiger charge is -1.97. The molecule has 0 spiro atoms. The highest BCUT2D eigenvalue weighted by atomic mass is 16.5. The normalized spacial score (nSPS) is 18.2. The van der Waals surface area contributed by atoms with Gasteiger partial charge in [0, 0.05) is 25.6 Å². The minimum atomic E-state index is 0. The molecule has 1 aliphatic rings. The summed E-state index contributed by atoms with van der Waals surface area (Å²) >= 11 is 0. The molecule has 1 aromatic rings. The lowest BCUT2D eigenvalue weighted by molar-refractivity contribution is 0.185. The summed E-state index contributed by atoms with van der Waals surface area (Å²) in [6.07, 6.45) is 7.32. The van der Waals surface area contributed by atoms with Crippen LogP contribution >= 0.6 is 0 Å². The lowest BCUT2D eigenvalue weighted by Crippen LogP contribution is -1.94. The molecule has 1 atom stereocenters. The maximum Gasteiger partial charge on any atom is 0.0495 e. The van der Waals surface area contributed by atoms with Gasteiger partial charge in [0.05, 0.1) is 0 Å². The Labute approximate surface area is 100 Å². The fraction of sp³-hybridized carbons (Fsp3) is 0.643. The summed E-state index contributed by atoms with van der Waals surface area (Å²) in [6, 6.07) is 4.06. The first kappa shape index (κ1) is 15.1. The van der Waals surface area contributed by atoms with Crippen molar-refractivity contribution in [3.8, 4) is 0 Å². The van der Waals surface area contributed by atoms with Gasteiger partial charge in [0.25, 0.3) is 0 Å². The third-order valence-electron chi connectivity index (χ3n) is 2.76. The van der Waals surface area contributed by atoms with Crippen LogP contribution in [0.25, 0.3) is 0 Å². The monoisotopic (exact) mass is 223 g/mol. The number of hydrogen-bond donors (Lipinski definition) is 0. The van der Waals surface area contributed by atoms with E-state index in [-0.39, 0.29) is 7.43 Å². The molecule has 0 aliphatic carbocycles. The molecule has 2 nitrogen and oxygen atoms in total. The van der Waals surface area contributed by atoms with E-state index in [1.807, 2.05) is 24.5 Å². The van der Waals surface area contributed by atoms with Crippen LogP contribution in [-0.4, -0.2) is 18.2 Å². The van der Waals surface area contributed by atoms with Gasteiger partial charge >= 0.3 is 0 Å². The van der Waals surface area contributed by atoms with Crippen LogP contribution < -0.4 is 0 Å². The zero-order chi connectivity index (χ0) is 10.9. The van der Waals surface area contributed by atoms with Gasteiger partial charge in [-0.15, -0.1) is 0 Å². The van der Waals surface area contributed by atoms with Gasteiger partial charge in [-0.2, -0.15) is 0 Å². The summed E-state index contributed by atoms with van der Waals surface area (Å²) in [6.45, 7) is 6.36. The fourth-order valence-electron chi connectivity index (χ4n) is 1.52. The maximum atomic E-state index is 5.15. The van der Waals surface area contributed by atoms with Crippen molar-refractivity contribution in [1.29, 1.82) is 0 Å². The first-order valence-electron chi connectivity index (χ1n) is 5.83. The Hall–Kier alpha value is -0.890. The van der Waals surface area contributed by atoms with Gasteiger partial charge < -0.3 is 4.74 Å². The second-order valence-corrected chi connectivity index (χ2v) is 3.85. The SMILES string of the molecule is C.CCC1CCOC1.CCc1ccncc1. The van der Waals surface area contributed by atoms with Crippen molar-refractivity contribution in [2.24, 2.45) is 5.92 Å². The molecule has 0 bridgehead atoms. The largest absolute Gasteiger partial charge is 0.381 e. The molecule has 1 fully saturated rings. The Kier molecular flexibility index (Phi) is 8.82. The predicted molar refractivity (Wildman–Crippen MR) is 69.6 cm³/mol. The van der Waals surface area contributed by atoms with E-state index in [0.29, 0.717) is 0 Å². The van der Waals surface area contributed by atoms with Gasteiger partial charge in [-0.3, -0.25) is 4.98 Å². The van der Waals surface area contributed by atoms with E-state index in [1.54, 1.807) is 0 Å². The first-order chi connectivity index (χ1) is 7.36. The predicted octanol–water partition coefficient (Wildman–Crippen LogP) is 3.71. The molecular formula is C14H25NO. The molecule has 2 rings (SSSR count). The Morgan fingerprint density at radius 2 is 2.00 bits per heavy atom. The second-order valence-electron chi connectivity index (χ2n) is 3.85. The van der Waals surface area contributed by atoms with E-state index < -0.39 is 0 Å². The Balaban J connectivity index is 0.000000267. The molecule has 0 N–H and O–H groups in total. The molecule has 1 aliphatic heterocycles. The minimum absolute atomic E-state index is 0. The van der Waals surface area contributed by atoms with E-state index in [4.69, 9.17) is 4.74 Å². The minimum Gasteiger partial charge on any atom is -0.381 e. The summed E-state index contributed by atoms with van der Waals surface area (Å²) in [7, 11) is 0. The van der Waals surface area contributed by atoms with Gasteiger partial charge in [0.2, 0.25) is 0 Å². The molecule has 1 unspecified atom stereocenters. The van der Waals surface area contributed by atoms with Gasteiger partial charge in [0.15, 0.2) is 0 Å². The van der Waals surface area contributed by atoms with Crippen LogP contribution in [0.3, 0.4) is 0 Å². The second kappa shape index (κ2) is 9.34.